The van der Waals surface area contributed by atoms with Gasteiger partial charge in [0, 0.05) is 0 Å². The van der Waals surface area contributed by atoms with Gasteiger partial charge in [0.05, 0.1) is 0 Å². The Kier molecular flexibility index (Phi) is 10.1. The molecular weight excluding hydrogens is 547 g/mol. The number of hydrogen-bond donors (Lipinski definition) is 0. The first-order valence-corrected chi connectivity index (χ1v) is 32.9. The van der Waals surface area contributed by atoms with Gasteiger partial charge in [0.2, 0.25) is 0 Å². The topological polar surface area (TPSA) is 0 Å². The molecule has 0 atom stereocenters. The fourth-order valence-corrected chi connectivity index (χ4v) is 75.4. The minimum atomic E-state index is -1.68. The van der Waals surface area contributed by atoms with Gasteiger partial charge in [-0.15, -0.1) is 33.2 Å². The van der Waals surface area contributed by atoms with Crippen LogP contribution in [0.25, 0.3) is 0 Å². The van der Waals surface area contributed by atoms with Crippen molar-refractivity contribution in [2.24, 2.45) is 0 Å². The molecule has 1 aliphatic rings. The summed E-state index contributed by atoms with van der Waals surface area (Å²) in [7, 11) is 2.72. The Morgan fingerprint density at radius 1 is 0.577 bits per heavy atom. The molecule has 1 saturated heterocycles. The maximum absolute atomic E-state index is 7.80. The van der Waals surface area contributed by atoms with E-state index in [1.54, 1.807) is 0 Å². The Bertz CT molecular complexity index is 404. The summed E-state index contributed by atoms with van der Waals surface area (Å²) in [5, 5.41) is 0. The molecule has 26 heavy (non-hydrogen) atoms. The molecule has 156 valence electrons. The summed E-state index contributed by atoms with van der Waals surface area (Å²) in [4.78, 5) is 0. The molecule has 0 aromatic heterocycles. The van der Waals surface area contributed by atoms with E-state index in [1.165, 1.54) is 12.8 Å². The minimum absolute atomic E-state index is 0.655. The molecule has 0 unspecified atom stereocenters. The third kappa shape index (κ3) is 5.33. The Hall–Kier alpha value is 2.79. The van der Waals surface area contributed by atoms with Crippen molar-refractivity contribution in [3.63, 3.8) is 0 Å². The van der Waals surface area contributed by atoms with Crippen LogP contribution in [0.4, 0.5) is 0 Å². The quantitative estimate of drug-likeness (QED) is 0.228. The first-order valence-electron chi connectivity index (χ1n) is 9.46. The molecule has 1 rings (SSSR count). The van der Waals surface area contributed by atoms with Crippen LogP contribution in [0.3, 0.4) is 0 Å². The van der Waals surface area contributed by atoms with Gasteiger partial charge in [0.25, 0.3) is 0 Å². The third-order valence-electron chi connectivity index (χ3n) is 6.75. The fraction of sp³-hybridized carbons (Fsp3) is 1.00. The molecule has 0 bridgehead atoms. The number of hydrogen-bond acceptors (Lipinski definition) is 0. The van der Waals surface area contributed by atoms with Gasteiger partial charge in [-0.1, -0.05) is 0 Å². The maximum Gasteiger partial charge on any atom is 0.376 e. The van der Waals surface area contributed by atoms with Crippen molar-refractivity contribution in [3.05, 3.63) is 0 Å². The molecule has 2 radical (unpaired) electrons. The monoisotopic (exact) mass is 586 g/mol. The summed E-state index contributed by atoms with van der Waals surface area (Å²) in [5.74, 6) is 0. The van der Waals surface area contributed by atoms with Crippen molar-refractivity contribution in [1.82, 2.24) is 0 Å². The molecular formula is C16H40Cl4GeSi5. The zero-order chi connectivity index (χ0) is 21.6. The average Bonchev–Trinajstić information content (AvgIpc) is 2.60. The second kappa shape index (κ2) is 9.11. The maximum atomic E-state index is 7.80. The molecule has 1 heterocycles. The van der Waals surface area contributed by atoms with E-state index in [4.69, 9.17) is 43.2 Å². The molecule has 10 heteroatoms. The largest absolute Gasteiger partial charge is 0.376 e. The van der Waals surface area contributed by atoms with Crippen LogP contribution in [0.5, 0.6) is 0 Å². The van der Waals surface area contributed by atoms with Gasteiger partial charge in [-0.05, 0) is 0 Å². The standard InChI is InChI=1S/C16H40ClGeSi4.Cl3Si/c1-19(2,3)15(20(4,5)6)13-14-16(18(15)17,21(7,8)9)22(10,11)12;1-4(2)3/h13-14H2,1-12H3;. The number of halogens is 4. The van der Waals surface area contributed by atoms with Gasteiger partial charge in [-0.25, -0.2) is 0 Å². The smallest absolute Gasteiger partial charge is 0.125 e. The van der Waals surface area contributed by atoms with Crippen molar-refractivity contribution in [1.29, 1.82) is 0 Å². The molecule has 0 spiro atoms. The summed E-state index contributed by atoms with van der Waals surface area (Å²) < 4.78 is 1.31. The predicted octanol–water partition coefficient (Wildman–Crippen LogP) is 8.69. The Morgan fingerprint density at radius 2 is 0.731 bits per heavy atom. The molecule has 0 aromatic carbocycles. The van der Waals surface area contributed by atoms with E-state index >= 15 is 0 Å². The Labute approximate surface area is 192 Å². The average molecular weight is 587 g/mol. The van der Waals surface area contributed by atoms with Gasteiger partial charge in [0.15, 0.2) is 0 Å². The molecule has 0 nitrogen and oxygen atoms in total. The van der Waals surface area contributed by atoms with Crippen LogP contribution in [-0.2, 0) is 0 Å². The number of rotatable bonds is 4. The van der Waals surface area contributed by atoms with Crippen LogP contribution < -0.4 is 0 Å². The van der Waals surface area contributed by atoms with E-state index in [0.717, 1.165) is 0 Å². The second-order valence-corrected chi connectivity index (χ2v) is 50.9. The van der Waals surface area contributed by atoms with Crippen LogP contribution in [-0.4, -0.2) is 52.4 Å². The normalized spacial score (nSPS) is 21.6. The van der Waals surface area contributed by atoms with Crippen molar-refractivity contribution in [2.45, 2.75) is 98.4 Å². The summed E-state index contributed by atoms with van der Waals surface area (Å²) >= 11 is 13.0. The van der Waals surface area contributed by atoms with Crippen molar-refractivity contribution < 1.29 is 0 Å². The van der Waals surface area contributed by atoms with Crippen LogP contribution in [0, 0.1) is 0 Å². The third-order valence-corrected chi connectivity index (χ3v) is 61.9. The van der Waals surface area contributed by atoms with Gasteiger partial charge in [0.1, 0.15) is 0 Å². The second-order valence-electron chi connectivity index (χ2n) is 11.8. The zero-order valence-corrected chi connectivity index (χ0v) is 29.0. The molecule has 0 amide bonds. The molecule has 1 aliphatic heterocycles. The molecule has 0 saturated carbocycles. The molecule has 0 aromatic rings. The summed E-state index contributed by atoms with van der Waals surface area (Å²) in [6.45, 7) is 30.3. The van der Waals surface area contributed by atoms with Crippen LogP contribution >= 0.6 is 43.2 Å². The Morgan fingerprint density at radius 3 is 0.808 bits per heavy atom. The van der Waals surface area contributed by atoms with E-state index in [9.17, 15) is 0 Å². The van der Waals surface area contributed by atoms with E-state index < -0.39 is 52.4 Å². The first kappa shape index (κ1) is 28.8. The van der Waals surface area contributed by atoms with Crippen molar-refractivity contribution in [3.8, 4) is 0 Å². The van der Waals surface area contributed by atoms with Gasteiger partial charge >= 0.3 is 161 Å². The van der Waals surface area contributed by atoms with Gasteiger partial charge in [-0.3, -0.25) is 0 Å². The first-order chi connectivity index (χ1) is 11.1. The van der Waals surface area contributed by atoms with Crippen LogP contribution in [0.2, 0.25) is 85.6 Å². The van der Waals surface area contributed by atoms with E-state index in [1.807, 2.05) is 0 Å². The van der Waals surface area contributed by atoms with Crippen molar-refractivity contribution >= 4 is 95.7 Å². The Balaban J connectivity index is 0.00000141. The van der Waals surface area contributed by atoms with E-state index in [2.05, 4.69) is 78.6 Å². The molecule has 1 fully saturated rings. The zero-order valence-electron chi connectivity index (χ0n) is 18.9. The van der Waals surface area contributed by atoms with Crippen molar-refractivity contribution in [2.75, 3.05) is 0 Å². The summed E-state index contributed by atoms with van der Waals surface area (Å²) in [6.07, 6.45) is 2.98. The van der Waals surface area contributed by atoms with E-state index in [0.29, 0.717) is 6.99 Å². The summed E-state index contributed by atoms with van der Waals surface area (Å²) in [6, 6.07) is 0. The van der Waals surface area contributed by atoms with E-state index in [-0.39, 0.29) is 0 Å². The summed E-state index contributed by atoms with van der Waals surface area (Å²) in [5.41, 5.74) is 0. The molecule has 0 aliphatic carbocycles. The van der Waals surface area contributed by atoms with Crippen LogP contribution in [0.15, 0.2) is 0 Å². The minimum Gasteiger partial charge on any atom is -0.125 e. The van der Waals surface area contributed by atoms with Gasteiger partial charge in [-0.2, -0.15) is 0 Å². The van der Waals surface area contributed by atoms with Gasteiger partial charge < -0.3 is 0 Å². The van der Waals surface area contributed by atoms with Crippen LogP contribution in [0.1, 0.15) is 12.8 Å². The fourth-order valence-electron chi connectivity index (χ4n) is 6.03. The SMILES string of the molecule is C[Si](C)(C)[C]1([Si](C)(C)C)CC[C]([Si](C)(C)C)([Si](C)(C)C)[Ge]1[Cl].Cl[Si](Cl)Cl. The predicted molar refractivity (Wildman–Crippen MR) is 143 cm³/mol. The molecule has 0 N–H and O–H groups in total.